The van der Waals surface area contributed by atoms with Crippen LogP contribution in [0.3, 0.4) is 0 Å². The first kappa shape index (κ1) is 19.4. The van der Waals surface area contributed by atoms with Crippen LogP contribution in [0.2, 0.25) is 0 Å². The largest absolute Gasteiger partial charge is 0.493 e. The summed E-state index contributed by atoms with van der Waals surface area (Å²) in [5.74, 6) is 1.53. The Hall–Kier alpha value is -3.93. The molecule has 30 heavy (non-hydrogen) atoms. The lowest BCUT2D eigenvalue weighted by molar-refractivity contribution is 0.106. The standard InChI is InChI=1S/C24H20N2O4/c1-28-20-14-17(15-21-24(20)30-13-12-29-21)16-25-26-22(18-8-4-2-5-9-18)23(27)19-10-6-3-7-11-19/h2-11,14-16H,12-13H2,1H3/b25-16-,26-22-. The molecule has 0 aliphatic carbocycles. The molecule has 4 rings (SSSR count). The van der Waals surface area contributed by atoms with E-state index in [1.165, 1.54) is 0 Å². The lowest BCUT2D eigenvalue weighted by atomic mass is 10.0. The Labute approximate surface area is 174 Å². The zero-order valence-electron chi connectivity index (χ0n) is 16.4. The number of methoxy groups -OCH3 is 1. The third-order valence-corrected chi connectivity index (χ3v) is 4.51. The van der Waals surface area contributed by atoms with Crippen molar-refractivity contribution in [3.63, 3.8) is 0 Å². The predicted octanol–water partition coefficient (Wildman–Crippen LogP) is 4.17. The number of hydrogen-bond donors (Lipinski definition) is 0. The van der Waals surface area contributed by atoms with Crippen LogP contribution in [0.1, 0.15) is 21.5 Å². The molecule has 6 heteroatoms. The maximum Gasteiger partial charge on any atom is 0.213 e. The van der Waals surface area contributed by atoms with Crippen LogP contribution < -0.4 is 14.2 Å². The van der Waals surface area contributed by atoms with E-state index in [1.54, 1.807) is 37.6 Å². The van der Waals surface area contributed by atoms with E-state index in [2.05, 4.69) is 10.2 Å². The SMILES string of the molecule is COc1cc(/C=N\N=C(/C(=O)c2ccccc2)c2ccccc2)cc2c1OCCO2. The molecule has 0 fully saturated rings. The van der Waals surface area contributed by atoms with Crippen LogP contribution in [-0.4, -0.2) is 38.0 Å². The number of ether oxygens (including phenoxy) is 3. The number of carbonyl (C=O) groups excluding carboxylic acids is 1. The fourth-order valence-corrected chi connectivity index (χ4v) is 3.08. The molecule has 0 atom stereocenters. The molecule has 1 aliphatic heterocycles. The van der Waals surface area contributed by atoms with Gasteiger partial charge >= 0.3 is 0 Å². The molecule has 0 unspecified atom stereocenters. The quantitative estimate of drug-likeness (QED) is 0.354. The molecule has 0 radical (unpaired) electrons. The number of fused-ring (bicyclic) bond motifs is 1. The molecule has 3 aromatic rings. The molecule has 0 saturated heterocycles. The zero-order valence-corrected chi connectivity index (χ0v) is 16.4. The molecular formula is C24H20N2O4. The second kappa shape index (κ2) is 9.05. The summed E-state index contributed by atoms with van der Waals surface area (Å²) in [6.45, 7) is 0.946. The number of benzene rings is 3. The van der Waals surface area contributed by atoms with Crippen molar-refractivity contribution >= 4 is 17.7 Å². The number of ketones is 1. The Kier molecular flexibility index (Phi) is 5.85. The van der Waals surface area contributed by atoms with Gasteiger partial charge in [-0.3, -0.25) is 4.79 Å². The fourth-order valence-electron chi connectivity index (χ4n) is 3.08. The highest BCUT2D eigenvalue weighted by Crippen LogP contribution is 2.40. The van der Waals surface area contributed by atoms with E-state index < -0.39 is 0 Å². The molecule has 150 valence electrons. The highest BCUT2D eigenvalue weighted by Gasteiger charge is 2.18. The maximum absolute atomic E-state index is 13.0. The zero-order chi connectivity index (χ0) is 20.8. The first-order valence-corrected chi connectivity index (χ1v) is 9.50. The molecule has 1 aliphatic rings. The summed E-state index contributed by atoms with van der Waals surface area (Å²) in [4.78, 5) is 13.0. The van der Waals surface area contributed by atoms with Crippen molar-refractivity contribution in [3.05, 3.63) is 89.5 Å². The van der Waals surface area contributed by atoms with Gasteiger partial charge in [-0.05, 0) is 12.1 Å². The van der Waals surface area contributed by atoms with Crippen LogP contribution >= 0.6 is 0 Å². The van der Waals surface area contributed by atoms with Crippen molar-refractivity contribution in [1.29, 1.82) is 0 Å². The predicted molar refractivity (Wildman–Crippen MR) is 115 cm³/mol. The van der Waals surface area contributed by atoms with Crippen LogP contribution in [0.4, 0.5) is 0 Å². The molecular weight excluding hydrogens is 380 g/mol. The van der Waals surface area contributed by atoms with E-state index >= 15 is 0 Å². The van der Waals surface area contributed by atoms with Crippen molar-refractivity contribution in [1.82, 2.24) is 0 Å². The summed E-state index contributed by atoms with van der Waals surface area (Å²) in [5, 5.41) is 8.44. The number of nitrogens with zero attached hydrogens (tertiary/aromatic N) is 2. The van der Waals surface area contributed by atoms with Crippen molar-refractivity contribution < 1.29 is 19.0 Å². The first-order valence-electron chi connectivity index (χ1n) is 9.50. The summed E-state index contributed by atoms with van der Waals surface area (Å²) in [7, 11) is 1.57. The molecule has 3 aromatic carbocycles. The van der Waals surface area contributed by atoms with Crippen LogP contribution in [0.15, 0.2) is 83.0 Å². The van der Waals surface area contributed by atoms with Crippen LogP contribution in [0.5, 0.6) is 17.2 Å². The highest BCUT2D eigenvalue weighted by atomic mass is 16.6. The summed E-state index contributed by atoms with van der Waals surface area (Å²) in [6.07, 6.45) is 1.56. The van der Waals surface area contributed by atoms with Gasteiger partial charge in [-0.1, -0.05) is 60.7 Å². The lowest BCUT2D eigenvalue weighted by Gasteiger charge is -2.20. The second-order valence-corrected chi connectivity index (χ2v) is 6.50. The molecule has 0 aromatic heterocycles. The number of carbonyl (C=O) groups is 1. The minimum atomic E-state index is -0.196. The Morgan fingerprint density at radius 1 is 0.933 bits per heavy atom. The van der Waals surface area contributed by atoms with Gasteiger partial charge < -0.3 is 14.2 Å². The molecule has 1 heterocycles. The smallest absolute Gasteiger partial charge is 0.213 e. The molecule has 6 nitrogen and oxygen atoms in total. The van der Waals surface area contributed by atoms with E-state index in [1.807, 2.05) is 48.5 Å². The summed E-state index contributed by atoms with van der Waals surface area (Å²) in [6, 6.07) is 21.9. The first-order chi connectivity index (χ1) is 14.8. The molecule has 0 saturated carbocycles. The van der Waals surface area contributed by atoms with E-state index in [0.29, 0.717) is 41.6 Å². The number of rotatable bonds is 6. The maximum atomic E-state index is 13.0. The lowest BCUT2D eigenvalue weighted by Crippen LogP contribution is -2.16. The average molecular weight is 400 g/mol. The van der Waals surface area contributed by atoms with Crippen molar-refractivity contribution in [2.24, 2.45) is 10.2 Å². The third-order valence-electron chi connectivity index (χ3n) is 4.51. The van der Waals surface area contributed by atoms with E-state index in [-0.39, 0.29) is 11.5 Å². The van der Waals surface area contributed by atoms with Gasteiger partial charge in [0.2, 0.25) is 11.5 Å². The third kappa shape index (κ3) is 4.22. The highest BCUT2D eigenvalue weighted by molar-refractivity contribution is 6.51. The van der Waals surface area contributed by atoms with Gasteiger partial charge in [0.15, 0.2) is 11.5 Å². The van der Waals surface area contributed by atoms with Gasteiger partial charge in [0.05, 0.1) is 13.3 Å². The van der Waals surface area contributed by atoms with Crippen molar-refractivity contribution in [3.8, 4) is 17.2 Å². The number of hydrogen-bond acceptors (Lipinski definition) is 6. The molecule has 0 N–H and O–H groups in total. The second-order valence-electron chi connectivity index (χ2n) is 6.50. The number of Topliss-reactive ketones (excluding diaryl/α,β-unsaturated/α-hetero) is 1. The van der Waals surface area contributed by atoms with E-state index in [9.17, 15) is 4.79 Å². The summed E-state index contributed by atoms with van der Waals surface area (Å²) in [5.41, 5.74) is 2.24. The van der Waals surface area contributed by atoms with Gasteiger partial charge in [-0.2, -0.15) is 5.10 Å². The van der Waals surface area contributed by atoms with Crippen molar-refractivity contribution in [2.75, 3.05) is 20.3 Å². The fraction of sp³-hybridized carbons (Fsp3) is 0.125. The molecule has 0 spiro atoms. The Bertz CT molecular complexity index is 1080. The molecule has 0 amide bonds. The Balaban J connectivity index is 1.68. The Morgan fingerprint density at radius 3 is 2.30 bits per heavy atom. The normalized spacial score (nSPS) is 13.3. The topological polar surface area (TPSA) is 69.5 Å². The van der Waals surface area contributed by atoms with Crippen LogP contribution in [-0.2, 0) is 0 Å². The van der Waals surface area contributed by atoms with Crippen LogP contribution in [0, 0.1) is 0 Å². The molecule has 0 bridgehead atoms. The summed E-state index contributed by atoms with van der Waals surface area (Å²) < 4.78 is 16.6. The van der Waals surface area contributed by atoms with E-state index in [4.69, 9.17) is 14.2 Å². The van der Waals surface area contributed by atoms with Crippen LogP contribution in [0.25, 0.3) is 0 Å². The Morgan fingerprint density at radius 2 is 1.60 bits per heavy atom. The summed E-state index contributed by atoms with van der Waals surface area (Å²) >= 11 is 0. The average Bonchev–Trinajstić information content (AvgIpc) is 2.82. The van der Waals surface area contributed by atoms with Gasteiger partial charge in [0.25, 0.3) is 0 Å². The van der Waals surface area contributed by atoms with Gasteiger partial charge in [-0.25, -0.2) is 0 Å². The minimum absolute atomic E-state index is 0.196. The van der Waals surface area contributed by atoms with Gasteiger partial charge in [0.1, 0.15) is 18.9 Å². The van der Waals surface area contributed by atoms with Gasteiger partial charge in [-0.15, -0.1) is 5.10 Å². The monoisotopic (exact) mass is 400 g/mol. The van der Waals surface area contributed by atoms with E-state index in [0.717, 1.165) is 5.56 Å². The van der Waals surface area contributed by atoms with Crippen molar-refractivity contribution in [2.45, 2.75) is 0 Å². The van der Waals surface area contributed by atoms with Gasteiger partial charge in [0, 0.05) is 16.7 Å². The minimum Gasteiger partial charge on any atom is -0.493 e.